The maximum atomic E-state index is 11.2. The van der Waals surface area contributed by atoms with Crippen molar-refractivity contribution in [1.82, 2.24) is 14.5 Å². The minimum atomic E-state index is -3.61. The fourth-order valence-electron chi connectivity index (χ4n) is 4.62. The van der Waals surface area contributed by atoms with E-state index >= 15 is 0 Å². The Balaban J connectivity index is 1.37. The molecule has 3 aromatic rings. The number of rotatable bonds is 6. The van der Waals surface area contributed by atoms with Crippen molar-refractivity contribution in [2.45, 2.75) is 50.2 Å². The molecule has 1 fully saturated rings. The van der Waals surface area contributed by atoms with Crippen molar-refractivity contribution >= 4 is 26.9 Å². The standard InChI is InChI=1S/C21H25N5O4S/c22-31(28,29)10-8-18-17(27)11-19(30-18)26-9-7-15-20(23-12-24-21(15)26)25-16-6-5-13-3-1-2-4-14(13)16/h1-4,7,9,12,16-19,27H,5-6,8,10-11H2,(H2,22,28,29)(H,23,24,25)/t16-,17-,18-,19+/m0/s1. The highest BCUT2D eigenvalue weighted by Crippen LogP contribution is 2.37. The van der Waals surface area contributed by atoms with Gasteiger partial charge in [-0.15, -0.1) is 0 Å². The lowest BCUT2D eigenvalue weighted by Gasteiger charge is -2.17. The average Bonchev–Trinajstić information content (AvgIpc) is 3.43. The van der Waals surface area contributed by atoms with Crippen LogP contribution in [0.25, 0.3) is 11.0 Å². The van der Waals surface area contributed by atoms with Crippen molar-refractivity contribution in [3.05, 3.63) is 54.0 Å². The van der Waals surface area contributed by atoms with Crippen molar-refractivity contribution in [2.75, 3.05) is 11.1 Å². The highest BCUT2D eigenvalue weighted by Gasteiger charge is 2.36. The molecule has 0 spiro atoms. The molecule has 3 heterocycles. The molecule has 1 aliphatic carbocycles. The van der Waals surface area contributed by atoms with Crippen molar-refractivity contribution in [3.63, 3.8) is 0 Å². The number of aromatic nitrogens is 3. The largest absolute Gasteiger partial charge is 0.390 e. The van der Waals surface area contributed by atoms with Crippen LogP contribution in [0.15, 0.2) is 42.9 Å². The first kappa shape index (κ1) is 20.4. The van der Waals surface area contributed by atoms with Gasteiger partial charge in [0.15, 0.2) is 0 Å². The summed E-state index contributed by atoms with van der Waals surface area (Å²) in [4.78, 5) is 8.90. The Labute approximate surface area is 180 Å². The molecular formula is C21H25N5O4S. The number of nitrogens with zero attached hydrogens (tertiary/aromatic N) is 3. The zero-order valence-corrected chi connectivity index (χ0v) is 17.7. The molecule has 2 aromatic heterocycles. The van der Waals surface area contributed by atoms with Crippen LogP contribution >= 0.6 is 0 Å². The number of hydrogen-bond donors (Lipinski definition) is 3. The molecule has 4 N–H and O–H groups in total. The smallest absolute Gasteiger partial charge is 0.209 e. The van der Waals surface area contributed by atoms with Gasteiger partial charge in [0, 0.05) is 12.6 Å². The molecule has 9 nitrogen and oxygen atoms in total. The Morgan fingerprint density at radius 1 is 1.26 bits per heavy atom. The Morgan fingerprint density at radius 3 is 2.94 bits per heavy atom. The fraction of sp³-hybridized carbons (Fsp3) is 0.429. The van der Waals surface area contributed by atoms with Gasteiger partial charge < -0.3 is 19.7 Å². The number of aryl methyl sites for hydroxylation is 1. The van der Waals surface area contributed by atoms with Gasteiger partial charge in [-0.05, 0) is 36.5 Å². The molecule has 10 heteroatoms. The van der Waals surface area contributed by atoms with Crippen molar-refractivity contribution in [1.29, 1.82) is 0 Å². The Morgan fingerprint density at radius 2 is 2.10 bits per heavy atom. The monoisotopic (exact) mass is 443 g/mol. The number of primary sulfonamides is 1. The van der Waals surface area contributed by atoms with Crippen LogP contribution in [0.3, 0.4) is 0 Å². The van der Waals surface area contributed by atoms with Gasteiger partial charge in [0.1, 0.15) is 24.0 Å². The van der Waals surface area contributed by atoms with E-state index in [0.29, 0.717) is 12.1 Å². The van der Waals surface area contributed by atoms with Crippen LogP contribution in [-0.2, 0) is 21.2 Å². The number of fused-ring (bicyclic) bond motifs is 2. The highest BCUT2D eigenvalue weighted by molar-refractivity contribution is 7.89. The van der Waals surface area contributed by atoms with Gasteiger partial charge in [-0.1, -0.05) is 24.3 Å². The summed E-state index contributed by atoms with van der Waals surface area (Å²) in [7, 11) is -3.61. The van der Waals surface area contributed by atoms with Gasteiger partial charge in [0.25, 0.3) is 0 Å². The van der Waals surface area contributed by atoms with Crippen molar-refractivity contribution < 1.29 is 18.3 Å². The first-order chi connectivity index (χ1) is 14.9. The van der Waals surface area contributed by atoms with Gasteiger partial charge in [-0.25, -0.2) is 23.5 Å². The van der Waals surface area contributed by atoms with E-state index < -0.39 is 28.5 Å². The van der Waals surface area contributed by atoms with E-state index in [-0.39, 0.29) is 18.2 Å². The number of aliphatic hydroxyl groups excluding tert-OH is 1. The third kappa shape index (κ3) is 4.03. The van der Waals surface area contributed by atoms with Crippen LogP contribution in [-0.4, -0.2) is 46.0 Å². The predicted octanol–water partition coefficient (Wildman–Crippen LogP) is 1.86. The lowest BCUT2D eigenvalue weighted by Crippen LogP contribution is -2.26. The number of nitrogens with two attached hydrogens (primary N) is 1. The van der Waals surface area contributed by atoms with Crippen LogP contribution in [0.5, 0.6) is 0 Å². The van der Waals surface area contributed by atoms with Crippen molar-refractivity contribution in [2.24, 2.45) is 5.14 Å². The topological polar surface area (TPSA) is 132 Å². The lowest BCUT2D eigenvalue weighted by molar-refractivity contribution is -0.0176. The van der Waals surface area contributed by atoms with Crippen LogP contribution in [0, 0.1) is 0 Å². The number of anilines is 1. The molecule has 0 unspecified atom stereocenters. The summed E-state index contributed by atoms with van der Waals surface area (Å²) in [5.41, 5.74) is 3.36. The summed E-state index contributed by atoms with van der Waals surface area (Å²) in [6.07, 6.45) is 4.15. The second-order valence-electron chi connectivity index (χ2n) is 8.20. The second-order valence-corrected chi connectivity index (χ2v) is 9.94. The summed E-state index contributed by atoms with van der Waals surface area (Å²) in [6, 6.07) is 10.6. The van der Waals surface area contributed by atoms with Crippen molar-refractivity contribution in [3.8, 4) is 0 Å². The molecular weight excluding hydrogens is 418 g/mol. The molecule has 1 aromatic carbocycles. The van der Waals surface area contributed by atoms with E-state index in [4.69, 9.17) is 9.88 Å². The third-order valence-corrected chi connectivity index (χ3v) is 6.96. The number of nitrogens with one attached hydrogen (secondary N) is 1. The third-order valence-electron chi connectivity index (χ3n) is 6.15. The zero-order valence-electron chi connectivity index (χ0n) is 16.9. The first-order valence-electron chi connectivity index (χ1n) is 10.4. The normalized spacial score (nSPS) is 25.7. The van der Waals surface area contributed by atoms with E-state index in [2.05, 4.69) is 39.6 Å². The molecule has 5 rings (SSSR count). The molecule has 164 valence electrons. The number of hydrogen-bond acceptors (Lipinski definition) is 7. The lowest BCUT2D eigenvalue weighted by atomic mass is 10.1. The minimum absolute atomic E-state index is 0.151. The summed E-state index contributed by atoms with van der Waals surface area (Å²) in [6.45, 7) is 0. The fourth-order valence-corrected chi connectivity index (χ4v) is 5.18. The van der Waals surface area contributed by atoms with E-state index in [1.54, 1.807) is 0 Å². The second kappa shape index (κ2) is 7.86. The highest BCUT2D eigenvalue weighted by atomic mass is 32.2. The Bertz CT molecular complexity index is 1210. The molecule has 0 radical (unpaired) electrons. The number of aliphatic hydroxyl groups is 1. The molecule has 4 atom stereocenters. The number of ether oxygens (including phenoxy) is 1. The quantitative estimate of drug-likeness (QED) is 0.530. The van der Waals surface area contributed by atoms with E-state index in [1.807, 2.05) is 16.8 Å². The molecule has 2 aliphatic rings. The van der Waals surface area contributed by atoms with E-state index in [9.17, 15) is 13.5 Å². The Kier molecular flexibility index (Phi) is 5.17. The van der Waals surface area contributed by atoms with Gasteiger partial charge in [-0.3, -0.25) is 0 Å². The Hall–Kier alpha value is -2.53. The maximum absolute atomic E-state index is 11.2. The summed E-state index contributed by atoms with van der Waals surface area (Å²) < 4.78 is 30.3. The van der Waals surface area contributed by atoms with Gasteiger partial charge in [0.2, 0.25) is 10.0 Å². The number of sulfonamides is 1. The first-order valence-corrected chi connectivity index (χ1v) is 12.1. The number of benzene rings is 1. The molecule has 1 aliphatic heterocycles. The summed E-state index contributed by atoms with van der Waals surface area (Å²) >= 11 is 0. The van der Waals surface area contributed by atoms with Gasteiger partial charge >= 0.3 is 0 Å². The van der Waals surface area contributed by atoms with Gasteiger partial charge in [-0.2, -0.15) is 0 Å². The molecule has 0 amide bonds. The van der Waals surface area contributed by atoms with Crippen LogP contribution in [0.4, 0.5) is 5.82 Å². The molecule has 0 saturated carbocycles. The average molecular weight is 444 g/mol. The summed E-state index contributed by atoms with van der Waals surface area (Å²) in [5, 5.41) is 19.9. The van der Waals surface area contributed by atoms with E-state index in [0.717, 1.165) is 24.0 Å². The van der Waals surface area contributed by atoms with Gasteiger partial charge in [0.05, 0.1) is 29.4 Å². The van der Waals surface area contributed by atoms with E-state index in [1.165, 1.54) is 17.5 Å². The predicted molar refractivity (Wildman–Crippen MR) is 116 cm³/mol. The molecule has 31 heavy (non-hydrogen) atoms. The SMILES string of the molecule is NS(=O)(=O)CC[C@@H]1O[C@@H](n2ccc3c(N[C@H]4CCc5ccccc54)ncnc32)C[C@@H]1O. The summed E-state index contributed by atoms with van der Waals surface area (Å²) in [5.74, 6) is 0.530. The van der Waals surface area contributed by atoms with Crippen LogP contribution in [0.2, 0.25) is 0 Å². The maximum Gasteiger partial charge on any atom is 0.209 e. The molecule has 1 saturated heterocycles. The minimum Gasteiger partial charge on any atom is -0.390 e. The molecule has 0 bridgehead atoms. The van der Waals surface area contributed by atoms with Crippen LogP contribution in [0.1, 0.15) is 42.7 Å². The van der Waals surface area contributed by atoms with Crippen LogP contribution < -0.4 is 10.5 Å². The zero-order chi connectivity index (χ0) is 21.6.